The first-order chi connectivity index (χ1) is 18.4. The van der Waals surface area contributed by atoms with Crippen molar-refractivity contribution in [3.63, 3.8) is 0 Å². The van der Waals surface area contributed by atoms with E-state index in [0.717, 1.165) is 45.1 Å². The van der Waals surface area contributed by atoms with E-state index in [1.165, 1.54) is 27.4 Å². The van der Waals surface area contributed by atoms with Gasteiger partial charge in [-0.3, -0.25) is 4.57 Å². The van der Waals surface area contributed by atoms with Gasteiger partial charge in [0.25, 0.3) is 0 Å². The van der Waals surface area contributed by atoms with E-state index in [1.54, 1.807) is 0 Å². The van der Waals surface area contributed by atoms with Crippen LogP contribution in [0, 0.1) is 0 Å². The topological polar surface area (TPSA) is 30.7 Å². The molecule has 0 saturated carbocycles. The monoisotopic (exact) mass is 471 g/mol. The highest BCUT2D eigenvalue weighted by Gasteiger charge is 2.28. The normalized spacial score (nSPS) is 11.8. The summed E-state index contributed by atoms with van der Waals surface area (Å²) in [5.74, 6) is 1.64. The molecule has 0 bridgehead atoms. The molecule has 0 amide bonds. The smallest absolute Gasteiger partial charge is 0.162 e. The standard InChI is InChI=1S/C34H21N3/c1-3-12-22(13-4-1)31-30-26-18-8-7-16-24(26)27-19-11-20-28-25-17-9-10-21-29(25)37(32(27)28)34(30)36-33(35-31)23-14-5-2-6-15-23/h1-21H. The first-order valence-corrected chi connectivity index (χ1v) is 12.5. The summed E-state index contributed by atoms with van der Waals surface area (Å²) in [7, 11) is 0. The highest BCUT2D eigenvalue weighted by atomic mass is 15.1. The Morgan fingerprint density at radius 3 is 1.89 bits per heavy atom. The van der Waals surface area contributed by atoms with Gasteiger partial charge in [0.05, 0.1) is 22.3 Å². The summed E-state index contributed by atoms with van der Waals surface area (Å²) in [4.78, 5) is 10.6. The molecule has 3 nitrogen and oxygen atoms in total. The van der Waals surface area contributed by atoms with Crippen molar-refractivity contribution in [2.24, 2.45) is 0 Å². The molecule has 0 N–H and O–H groups in total. The maximum Gasteiger partial charge on any atom is 0.162 e. The molecule has 8 rings (SSSR count). The Morgan fingerprint density at radius 2 is 1.08 bits per heavy atom. The van der Waals surface area contributed by atoms with Crippen molar-refractivity contribution in [3.05, 3.63) is 127 Å². The van der Waals surface area contributed by atoms with Gasteiger partial charge < -0.3 is 0 Å². The summed E-state index contributed by atoms with van der Waals surface area (Å²) in [6.45, 7) is 0. The lowest BCUT2D eigenvalue weighted by molar-refractivity contribution is 1.05. The summed E-state index contributed by atoms with van der Waals surface area (Å²) in [5, 5.41) is 2.46. The molecule has 5 aromatic carbocycles. The predicted molar refractivity (Wildman–Crippen MR) is 152 cm³/mol. The number of rotatable bonds is 2. The van der Waals surface area contributed by atoms with E-state index in [0.29, 0.717) is 0 Å². The van der Waals surface area contributed by atoms with E-state index in [-0.39, 0.29) is 0 Å². The largest absolute Gasteiger partial charge is 0.292 e. The van der Waals surface area contributed by atoms with Crippen LogP contribution in [-0.4, -0.2) is 14.5 Å². The lowest BCUT2D eigenvalue weighted by Gasteiger charge is -2.17. The Bertz CT molecular complexity index is 1970. The van der Waals surface area contributed by atoms with Crippen LogP contribution < -0.4 is 0 Å². The third-order valence-corrected chi connectivity index (χ3v) is 7.36. The van der Waals surface area contributed by atoms with Crippen LogP contribution in [0.4, 0.5) is 0 Å². The van der Waals surface area contributed by atoms with Crippen LogP contribution in [0.5, 0.6) is 0 Å². The number of benzene rings is 5. The lowest BCUT2D eigenvalue weighted by Crippen LogP contribution is -2.05. The molecule has 0 spiro atoms. The van der Waals surface area contributed by atoms with Gasteiger partial charge in [0, 0.05) is 27.5 Å². The molecule has 37 heavy (non-hydrogen) atoms. The van der Waals surface area contributed by atoms with Crippen LogP contribution in [0.1, 0.15) is 0 Å². The van der Waals surface area contributed by atoms with Gasteiger partial charge >= 0.3 is 0 Å². The van der Waals surface area contributed by atoms with E-state index < -0.39 is 0 Å². The zero-order chi connectivity index (χ0) is 24.3. The summed E-state index contributed by atoms with van der Waals surface area (Å²) < 4.78 is 2.36. The molecule has 0 fully saturated rings. The predicted octanol–water partition coefficient (Wildman–Crippen LogP) is 8.56. The average molecular weight is 472 g/mol. The van der Waals surface area contributed by atoms with E-state index in [1.807, 2.05) is 24.3 Å². The molecule has 0 unspecified atom stereocenters. The van der Waals surface area contributed by atoms with Gasteiger partial charge in [0.1, 0.15) is 5.82 Å². The molecule has 0 aliphatic carbocycles. The minimum atomic E-state index is 0.723. The second-order valence-corrected chi connectivity index (χ2v) is 9.43. The molecule has 0 radical (unpaired) electrons. The fourth-order valence-electron chi connectivity index (χ4n) is 5.77. The third kappa shape index (κ3) is 2.88. The number of hydrogen-bond donors (Lipinski definition) is 0. The van der Waals surface area contributed by atoms with Crippen molar-refractivity contribution >= 4 is 21.8 Å². The maximum absolute atomic E-state index is 5.33. The molecule has 3 heterocycles. The van der Waals surface area contributed by atoms with Crippen LogP contribution in [-0.2, 0) is 0 Å². The molecule has 1 aliphatic heterocycles. The Morgan fingerprint density at radius 1 is 0.459 bits per heavy atom. The van der Waals surface area contributed by atoms with Crippen molar-refractivity contribution in [3.8, 4) is 50.7 Å². The summed E-state index contributed by atoms with van der Waals surface area (Å²) in [6.07, 6.45) is 0. The van der Waals surface area contributed by atoms with Crippen LogP contribution >= 0.6 is 0 Å². The molecular weight excluding hydrogens is 450 g/mol. The second-order valence-electron chi connectivity index (χ2n) is 9.43. The highest BCUT2D eigenvalue weighted by Crippen LogP contribution is 2.48. The van der Waals surface area contributed by atoms with E-state index >= 15 is 0 Å². The Kier molecular flexibility index (Phi) is 4.23. The fraction of sp³-hybridized carbons (Fsp3) is 0. The Labute approximate surface area is 214 Å². The quantitative estimate of drug-likeness (QED) is 0.253. The Balaban J connectivity index is 1.64. The molecule has 1 aliphatic rings. The van der Waals surface area contributed by atoms with Gasteiger partial charge in [-0.2, -0.15) is 0 Å². The minimum absolute atomic E-state index is 0.723. The van der Waals surface area contributed by atoms with Gasteiger partial charge in [0.15, 0.2) is 5.82 Å². The highest BCUT2D eigenvalue weighted by molar-refractivity contribution is 6.16. The van der Waals surface area contributed by atoms with Crippen molar-refractivity contribution in [2.45, 2.75) is 0 Å². The zero-order valence-electron chi connectivity index (χ0n) is 20.0. The molecular formula is C34H21N3. The van der Waals surface area contributed by atoms with Crippen LogP contribution in [0.2, 0.25) is 0 Å². The minimum Gasteiger partial charge on any atom is -0.292 e. The number of nitrogens with zero attached hydrogens (tertiary/aromatic N) is 3. The van der Waals surface area contributed by atoms with Crippen molar-refractivity contribution in [1.29, 1.82) is 0 Å². The number of hydrogen-bond acceptors (Lipinski definition) is 2. The summed E-state index contributed by atoms with van der Waals surface area (Å²) >= 11 is 0. The van der Waals surface area contributed by atoms with E-state index in [4.69, 9.17) is 9.97 Å². The first-order valence-electron chi connectivity index (χ1n) is 12.5. The average Bonchev–Trinajstić information content (AvgIpc) is 3.25. The molecule has 7 aromatic rings. The van der Waals surface area contributed by atoms with Gasteiger partial charge in [-0.1, -0.05) is 121 Å². The molecule has 2 aromatic heterocycles. The van der Waals surface area contributed by atoms with Gasteiger partial charge in [-0.05, 0) is 17.2 Å². The van der Waals surface area contributed by atoms with Crippen LogP contribution in [0.25, 0.3) is 72.5 Å². The van der Waals surface area contributed by atoms with Crippen LogP contribution in [0.15, 0.2) is 127 Å². The van der Waals surface area contributed by atoms with Gasteiger partial charge in [-0.25, -0.2) is 9.97 Å². The fourth-order valence-corrected chi connectivity index (χ4v) is 5.77. The van der Waals surface area contributed by atoms with Crippen molar-refractivity contribution in [1.82, 2.24) is 14.5 Å². The lowest BCUT2D eigenvalue weighted by atomic mass is 9.92. The van der Waals surface area contributed by atoms with Crippen molar-refractivity contribution in [2.75, 3.05) is 0 Å². The van der Waals surface area contributed by atoms with Crippen LogP contribution in [0.3, 0.4) is 0 Å². The van der Waals surface area contributed by atoms with E-state index in [2.05, 4.69) is 108 Å². The van der Waals surface area contributed by atoms with E-state index in [9.17, 15) is 0 Å². The van der Waals surface area contributed by atoms with Gasteiger partial charge in [0.2, 0.25) is 0 Å². The number of fused-ring (bicyclic) bond motifs is 8. The number of aromatic nitrogens is 3. The van der Waals surface area contributed by atoms with Crippen molar-refractivity contribution < 1.29 is 0 Å². The second kappa shape index (κ2) is 7.74. The molecule has 0 saturated heterocycles. The van der Waals surface area contributed by atoms with Gasteiger partial charge in [-0.15, -0.1) is 0 Å². The summed E-state index contributed by atoms with van der Waals surface area (Å²) in [6, 6.07) is 44.7. The zero-order valence-corrected chi connectivity index (χ0v) is 20.0. The molecule has 3 heteroatoms. The first kappa shape index (κ1) is 20.2. The maximum atomic E-state index is 5.33. The summed E-state index contributed by atoms with van der Waals surface area (Å²) in [5.41, 5.74) is 9.97. The molecule has 0 atom stereocenters. The Hall–Kier alpha value is -5.02. The SMILES string of the molecule is c1ccc(-c2nc(-c3ccccc3)c3c(n2)-n2c4ccccc4c4cccc(c42)-c2ccccc2-3)cc1. The number of para-hydroxylation sites is 2. The molecule has 172 valence electrons. The third-order valence-electron chi connectivity index (χ3n) is 7.36.